The number of alkyl halides is 1. The van der Waals surface area contributed by atoms with E-state index in [0.29, 0.717) is 0 Å². The number of rotatable bonds is 2. The number of hydrogen-bond donors (Lipinski definition) is 1. The van der Waals surface area contributed by atoms with Gasteiger partial charge in [-0.05, 0) is 5.56 Å². The average Bonchev–Trinajstić information content (AvgIpc) is 2.44. The maximum absolute atomic E-state index is 14.3. The molecular formula is C12H6F5NO2. The van der Waals surface area contributed by atoms with Gasteiger partial charge < -0.3 is 5.11 Å². The van der Waals surface area contributed by atoms with Crippen LogP contribution in [-0.2, 0) is 4.79 Å². The molecule has 8 heteroatoms. The van der Waals surface area contributed by atoms with Crippen LogP contribution < -0.4 is 0 Å². The molecule has 3 nitrogen and oxygen atoms in total. The maximum Gasteiger partial charge on any atom is 0.370 e. The van der Waals surface area contributed by atoms with Crippen molar-refractivity contribution in [1.29, 1.82) is 0 Å². The molecular weight excluding hydrogens is 285 g/mol. The number of allylic oxidation sites excluding steroid dienone is 2. The molecule has 1 aliphatic rings. The van der Waals surface area contributed by atoms with Gasteiger partial charge in [-0.25, -0.2) is 9.18 Å². The first-order valence-corrected chi connectivity index (χ1v) is 5.21. The summed E-state index contributed by atoms with van der Waals surface area (Å²) in [5.74, 6) is -13.7. The van der Waals surface area contributed by atoms with Crippen molar-refractivity contribution in [3.63, 3.8) is 0 Å². The number of halogens is 5. The van der Waals surface area contributed by atoms with Gasteiger partial charge in [-0.2, -0.15) is 13.2 Å². The number of hydrogen-bond acceptors (Lipinski definition) is 2. The summed E-state index contributed by atoms with van der Waals surface area (Å²) in [6.45, 7) is 0. The van der Waals surface area contributed by atoms with Crippen LogP contribution in [-0.4, -0.2) is 22.0 Å². The lowest BCUT2D eigenvalue weighted by molar-refractivity contribution is -0.178. The van der Waals surface area contributed by atoms with Gasteiger partial charge in [0, 0.05) is 0 Å². The van der Waals surface area contributed by atoms with Crippen LogP contribution in [0.25, 0.3) is 5.57 Å². The lowest BCUT2D eigenvalue weighted by Crippen LogP contribution is -2.49. The number of carboxylic acid groups (broad SMARTS) is 1. The van der Waals surface area contributed by atoms with Crippen LogP contribution in [0.3, 0.4) is 0 Å². The summed E-state index contributed by atoms with van der Waals surface area (Å²) in [5.41, 5.74) is -1.88. The van der Waals surface area contributed by atoms with Gasteiger partial charge in [-0.1, -0.05) is 34.8 Å². The number of carbonyl (C=O) groups is 1. The van der Waals surface area contributed by atoms with E-state index in [2.05, 4.69) is 0 Å². The first-order chi connectivity index (χ1) is 9.31. The van der Waals surface area contributed by atoms with Crippen molar-refractivity contribution >= 4 is 11.5 Å². The van der Waals surface area contributed by atoms with Crippen LogP contribution in [0.5, 0.6) is 0 Å². The zero-order valence-electron chi connectivity index (χ0n) is 9.58. The molecule has 1 aromatic rings. The fraction of sp³-hybridized carbons (Fsp3) is 0.0833. The Morgan fingerprint density at radius 1 is 1.10 bits per heavy atom. The summed E-state index contributed by atoms with van der Waals surface area (Å²) >= 11 is 0. The molecule has 20 heavy (non-hydrogen) atoms. The van der Waals surface area contributed by atoms with Crippen LogP contribution in [0, 0.1) is 0 Å². The van der Waals surface area contributed by atoms with Gasteiger partial charge >= 0.3 is 11.8 Å². The third kappa shape index (κ3) is 1.75. The van der Waals surface area contributed by atoms with E-state index in [1.807, 2.05) is 0 Å². The Morgan fingerprint density at radius 3 is 2.15 bits per heavy atom. The van der Waals surface area contributed by atoms with Gasteiger partial charge in [0.05, 0.1) is 5.57 Å². The fourth-order valence-electron chi connectivity index (χ4n) is 1.78. The van der Waals surface area contributed by atoms with Crippen LogP contribution in [0.1, 0.15) is 5.56 Å². The number of aliphatic carboxylic acids is 1. The first-order valence-electron chi connectivity index (χ1n) is 5.21. The Morgan fingerprint density at radius 2 is 1.65 bits per heavy atom. The van der Waals surface area contributed by atoms with Crippen molar-refractivity contribution in [1.82, 2.24) is 5.12 Å². The Kier molecular flexibility index (Phi) is 3.24. The maximum atomic E-state index is 14.3. The molecule has 0 aliphatic carbocycles. The van der Waals surface area contributed by atoms with E-state index in [9.17, 15) is 26.8 Å². The molecule has 1 unspecified atom stereocenters. The van der Waals surface area contributed by atoms with E-state index in [0.717, 1.165) is 12.1 Å². The van der Waals surface area contributed by atoms with Gasteiger partial charge in [0.25, 0.3) is 5.95 Å². The standard InChI is InChI=1S/C12H6F5NO2/c13-8-7(6-4-2-1-3-5-6)12(16,11(19)20)18(17)10(15)9(8)14/h1-5H,(H,19,20). The Labute approximate surface area is 109 Å². The van der Waals surface area contributed by atoms with Gasteiger partial charge in [-0.15, -0.1) is 5.12 Å². The van der Waals surface area contributed by atoms with Crippen LogP contribution in [0.4, 0.5) is 22.0 Å². The highest BCUT2D eigenvalue weighted by atomic mass is 19.2. The molecule has 0 bridgehead atoms. The highest BCUT2D eigenvalue weighted by Gasteiger charge is 2.57. The molecule has 1 atom stereocenters. The van der Waals surface area contributed by atoms with Gasteiger partial charge in [-0.3, -0.25) is 0 Å². The molecule has 0 fully saturated rings. The van der Waals surface area contributed by atoms with Crippen molar-refractivity contribution in [2.75, 3.05) is 0 Å². The zero-order valence-corrected chi connectivity index (χ0v) is 9.58. The molecule has 0 spiro atoms. The third-order valence-electron chi connectivity index (χ3n) is 2.71. The van der Waals surface area contributed by atoms with Crippen molar-refractivity contribution in [2.45, 2.75) is 5.79 Å². The van der Waals surface area contributed by atoms with E-state index >= 15 is 0 Å². The highest BCUT2D eigenvalue weighted by Crippen LogP contribution is 2.47. The van der Waals surface area contributed by atoms with Crippen molar-refractivity contribution < 1.29 is 31.9 Å². The van der Waals surface area contributed by atoms with Crippen LogP contribution in [0.2, 0.25) is 0 Å². The van der Waals surface area contributed by atoms with E-state index in [-0.39, 0.29) is 0 Å². The molecule has 1 aliphatic heterocycles. The largest absolute Gasteiger partial charge is 0.477 e. The lowest BCUT2D eigenvalue weighted by atomic mass is 9.93. The topological polar surface area (TPSA) is 40.5 Å². The van der Waals surface area contributed by atoms with Gasteiger partial charge in [0.1, 0.15) is 0 Å². The normalized spacial score (nSPS) is 23.4. The second-order valence-electron chi connectivity index (χ2n) is 3.87. The fourth-order valence-corrected chi connectivity index (χ4v) is 1.78. The molecule has 1 N–H and O–H groups in total. The molecule has 0 aromatic heterocycles. The molecule has 0 saturated heterocycles. The number of nitrogens with zero attached hydrogens (tertiary/aromatic N) is 1. The van der Waals surface area contributed by atoms with E-state index < -0.39 is 45.6 Å². The summed E-state index contributed by atoms with van der Waals surface area (Å²) in [6, 6.07) is 6.05. The summed E-state index contributed by atoms with van der Waals surface area (Å²) in [7, 11) is 0. The quantitative estimate of drug-likeness (QED) is 0.515. The van der Waals surface area contributed by atoms with Crippen LogP contribution in [0.15, 0.2) is 47.9 Å². The Hall–Kier alpha value is -2.38. The Balaban J connectivity index is 2.79. The van der Waals surface area contributed by atoms with E-state index in [4.69, 9.17) is 5.11 Å². The number of benzene rings is 1. The first kappa shape index (κ1) is 14.0. The van der Waals surface area contributed by atoms with E-state index in [1.165, 1.54) is 18.2 Å². The van der Waals surface area contributed by atoms with Crippen molar-refractivity contribution in [3.8, 4) is 0 Å². The van der Waals surface area contributed by atoms with Crippen LogP contribution >= 0.6 is 0 Å². The predicted octanol–water partition coefficient (Wildman–Crippen LogP) is 3.43. The minimum atomic E-state index is -4.20. The SMILES string of the molecule is O=C(O)C1(F)C(c2ccccc2)=C(F)C(F)=C(F)N1F. The van der Waals surface area contributed by atoms with Gasteiger partial charge in [0.15, 0.2) is 5.83 Å². The molecule has 2 rings (SSSR count). The second-order valence-corrected chi connectivity index (χ2v) is 3.87. The minimum Gasteiger partial charge on any atom is -0.477 e. The molecule has 106 valence electrons. The minimum absolute atomic E-state index is 0.430. The summed E-state index contributed by atoms with van der Waals surface area (Å²) in [4.78, 5) is 10.9. The summed E-state index contributed by atoms with van der Waals surface area (Å²) in [6.07, 6.45) is 0. The molecule has 0 amide bonds. The predicted molar refractivity (Wildman–Crippen MR) is 58.1 cm³/mol. The smallest absolute Gasteiger partial charge is 0.370 e. The van der Waals surface area contributed by atoms with E-state index in [1.54, 1.807) is 0 Å². The van der Waals surface area contributed by atoms with Gasteiger partial charge in [0.2, 0.25) is 5.83 Å². The zero-order chi connectivity index (χ0) is 15.1. The summed E-state index contributed by atoms with van der Waals surface area (Å²) in [5, 5.41) is 7.17. The molecule has 1 aromatic carbocycles. The van der Waals surface area contributed by atoms with Crippen molar-refractivity contribution in [3.05, 3.63) is 53.5 Å². The molecule has 0 saturated carbocycles. The van der Waals surface area contributed by atoms with Crippen molar-refractivity contribution in [2.24, 2.45) is 0 Å². The monoisotopic (exact) mass is 291 g/mol. The molecule has 0 radical (unpaired) electrons. The second kappa shape index (κ2) is 4.62. The third-order valence-corrected chi connectivity index (χ3v) is 2.71. The molecule has 1 heterocycles. The number of carboxylic acids is 1. The Bertz CT molecular complexity index is 628. The summed E-state index contributed by atoms with van der Waals surface area (Å²) < 4.78 is 67.7. The average molecular weight is 291 g/mol. The lowest BCUT2D eigenvalue weighted by Gasteiger charge is -2.32. The highest BCUT2D eigenvalue weighted by molar-refractivity contribution is 5.97.